The molecule has 1 fully saturated rings. The van der Waals surface area contributed by atoms with E-state index in [1.165, 1.54) is 11.3 Å². The van der Waals surface area contributed by atoms with E-state index in [0.717, 1.165) is 41.0 Å². The van der Waals surface area contributed by atoms with Crippen molar-refractivity contribution < 1.29 is 29.2 Å². The molecule has 3 aromatic rings. The van der Waals surface area contributed by atoms with Crippen molar-refractivity contribution >= 4 is 27.5 Å². The van der Waals surface area contributed by atoms with Gasteiger partial charge in [-0.2, -0.15) is 0 Å². The number of hydrogen-bond donors (Lipinski definition) is 2. The number of benzene rings is 2. The van der Waals surface area contributed by atoms with Gasteiger partial charge in [0.25, 0.3) is 0 Å². The molecule has 2 N–H and O–H groups in total. The Morgan fingerprint density at radius 1 is 1.18 bits per heavy atom. The molecule has 8 heteroatoms. The fraction of sp³-hybridized carbons (Fsp3) is 0.440. The molecule has 0 unspecified atom stereocenters. The van der Waals surface area contributed by atoms with E-state index in [9.17, 15) is 15.0 Å². The van der Waals surface area contributed by atoms with Crippen molar-refractivity contribution in [2.45, 2.75) is 57.3 Å². The average molecular weight is 472 g/mol. The van der Waals surface area contributed by atoms with Crippen molar-refractivity contribution in [2.24, 2.45) is 0 Å². The number of carbonyl (C=O) groups is 1. The second kappa shape index (κ2) is 10.1. The summed E-state index contributed by atoms with van der Waals surface area (Å²) in [7, 11) is 3.18. The first-order valence-corrected chi connectivity index (χ1v) is 11.9. The molecule has 1 heterocycles. The largest absolute Gasteiger partial charge is 0.496 e. The number of ether oxygens (including phenoxy) is 3. The molecule has 4 rings (SSSR count). The Balaban J connectivity index is 1.68. The summed E-state index contributed by atoms with van der Waals surface area (Å²) in [6.07, 6.45) is 3.14. The van der Waals surface area contributed by atoms with Crippen molar-refractivity contribution in [2.75, 3.05) is 14.2 Å². The molecule has 2 atom stereocenters. The Labute approximate surface area is 196 Å². The second-order valence-electron chi connectivity index (χ2n) is 8.35. The number of carboxylic acid groups (broad SMARTS) is 1. The number of fused-ring (bicyclic) bond motifs is 1. The van der Waals surface area contributed by atoms with Crippen molar-refractivity contribution in [1.82, 2.24) is 4.98 Å². The van der Waals surface area contributed by atoms with Crippen molar-refractivity contribution in [1.29, 1.82) is 0 Å². The van der Waals surface area contributed by atoms with E-state index >= 15 is 0 Å². The fourth-order valence-electron chi connectivity index (χ4n) is 4.42. The smallest absolute Gasteiger partial charge is 0.337 e. The summed E-state index contributed by atoms with van der Waals surface area (Å²) in [5.41, 5.74) is 2.15. The number of hydrogen-bond acceptors (Lipinski definition) is 7. The number of aromatic nitrogens is 1. The van der Waals surface area contributed by atoms with Gasteiger partial charge in [-0.3, -0.25) is 0 Å². The Bertz CT molecular complexity index is 1110. The van der Waals surface area contributed by atoms with Crippen LogP contribution in [0.5, 0.6) is 11.5 Å². The van der Waals surface area contributed by atoms with Gasteiger partial charge in [0.2, 0.25) is 0 Å². The van der Waals surface area contributed by atoms with Crippen LogP contribution in [0.3, 0.4) is 0 Å². The summed E-state index contributed by atoms with van der Waals surface area (Å²) in [5, 5.41) is 21.6. The number of aliphatic hydroxyl groups is 1. The fourth-order valence-corrected chi connectivity index (χ4v) is 5.46. The second-order valence-corrected chi connectivity index (χ2v) is 9.46. The zero-order valence-corrected chi connectivity index (χ0v) is 19.9. The summed E-state index contributed by atoms with van der Waals surface area (Å²) in [6, 6.07) is 8.77. The van der Waals surface area contributed by atoms with E-state index in [1.807, 2.05) is 25.1 Å². The van der Waals surface area contributed by atoms with Gasteiger partial charge in [0.1, 0.15) is 17.6 Å². The summed E-state index contributed by atoms with van der Waals surface area (Å²) in [5.74, 6) is 0.262. The highest BCUT2D eigenvalue weighted by Gasteiger charge is 2.30. The molecule has 1 aliphatic carbocycles. The maximum atomic E-state index is 11.6. The van der Waals surface area contributed by atoms with Gasteiger partial charge < -0.3 is 24.4 Å². The van der Waals surface area contributed by atoms with Gasteiger partial charge >= 0.3 is 5.97 Å². The van der Waals surface area contributed by atoms with Gasteiger partial charge in [0.15, 0.2) is 0 Å². The van der Waals surface area contributed by atoms with Crippen molar-refractivity contribution in [3.05, 3.63) is 52.0 Å². The highest BCUT2D eigenvalue weighted by molar-refractivity contribution is 7.18. The molecule has 0 amide bonds. The summed E-state index contributed by atoms with van der Waals surface area (Å²) in [4.78, 5) is 16.2. The maximum Gasteiger partial charge on any atom is 0.337 e. The zero-order chi connectivity index (χ0) is 23.5. The van der Waals surface area contributed by atoms with Crippen LogP contribution in [0, 0.1) is 6.92 Å². The number of nitrogens with zero attached hydrogens (tertiary/aromatic N) is 1. The third-order valence-corrected chi connectivity index (χ3v) is 7.25. The van der Waals surface area contributed by atoms with E-state index in [-0.39, 0.29) is 11.7 Å². The minimum atomic E-state index is -1.00. The van der Waals surface area contributed by atoms with E-state index < -0.39 is 18.2 Å². The molecule has 0 spiro atoms. The van der Waals surface area contributed by atoms with Crippen LogP contribution in [0.2, 0.25) is 0 Å². The number of carboxylic acids is 1. The predicted molar refractivity (Wildman–Crippen MR) is 127 cm³/mol. The molecule has 0 bridgehead atoms. The molecule has 176 valence electrons. The van der Waals surface area contributed by atoms with E-state index in [1.54, 1.807) is 26.4 Å². The minimum absolute atomic E-state index is 0.0860. The van der Waals surface area contributed by atoms with Gasteiger partial charge in [0, 0.05) is 12.0 Å². The Morgan fingerprint density at radius 2 is 1.85 bits per heavy atom. The van der Waals surface area contributed by atoms with E-state index in [4.69, 9.17) is 14.2 Å². The lowest BCUT2D eigenvalue weighted by Gasteiger charge is -2.27. The summed E-state index contributed by atoms with van der Waals surface area (Å²) in [6.45, 7) is 1.90. The molecule has 0 aliphatic heterocycles. The number of rotatable bonds is 9. The standard InChI is InChI=1S/C25H29NO6S/c1-14-18(30-2)11-15(12-19(14)31-3)24(27)20(32-16-7-4-5-8-16)13-22-26-23-17(25(28)29)9-6-10-21(23)33-22/h6,9-12,16,20,24,27H,4-5,7-8,13H2,1-3H3,(H,28,29)/t20-,24+/m0/s1. The Kier molecular flexibility index (Phi) is 7.17. The van der Waals surface area contributed by atoms with Gasteiger partial charge in [-0.15, -0.1) is 11.3 Å². The molecular weight excluding hydrogens is 442 g/mol. The highest BCUT2D eigenvalue weighted by Crippen LogP contribution is 2.36. The molecule has 33 heavy (non-hydrogen) atoms. The van der Waals surface area contributed by atoms with Crippen molar-refractivity contribution in [3.63, 3.8) is 0 Å². The molecule has 0 radical (unpaired) electrons. The van der Waals surface area contributed by atoms with E-state index in [0.29, 0.717) is 29.0 Å². The summed E-state index contributed by atoms with van der Waals surface area (Å²) < 4.78 is 18.2. The molecule has 1 aliphatic rings. The lowest BCUT2D eigenvalue weighted by atomic mass is 9.99. The van der Waals surface area contributed by atoms with E-state index in [2.05, 4.69) is 4.98 Å². The molecule has 0 saturated heterocycles. The van der Waals surface area contributed by atoms with Crippen LogP contribution >= 0.6 is 11.3 Å². The lowest BCUT2D eigenvalue weighted by molar-refractivity contribution is -0.0753. The number of para-hydroxylation sites is 1. The molecular formula is C25H29NO6S. The SMILES string of the molecule is COc1cc([C@@H](O)[C@H](Cc2nc3c(C(=O)O)cccc3s2)OC2CCCC2)cc(OC)c1C. The van der Waals surface area contributed by atoms with Crippen LogP contribution < -0.4 is 9.47 Å². The summed E-state index contributed by atoms with van der Waals surface area (Å²) >= 11 is 1.43. The quantitative estimate of drug-likeness (QED) is 0.457. The van der Waals surface area contributed by atoms with Crippen LogP contribution in [-0.2, 0) is 11.2 Å². The van der Waals surface area contributed by atoms with Crippen LogP contribution in [0.25, 0.3) is 10.2 Å². The van der Waals surface area contributed by atoms with Crippen LogP contribution in [0.1, 0.15) is 58.3 Å². The number of methoxy groups -OCH3 is 2. The number of aromatic carboxylic acids is 1. The monoisotopic (exact) mass is 471 g/mol. The van der Waals surface area contributed by atoms with Crippen LogP contribution in [0.4, 0.5) is 0 Å². The van der Waals surface area contributed by atoms with Crippen LogP contribution in [0.15, 0.2) is 30.3 Å². The maximum absolute atomic E-state index is 11.6. The molecule has 2 aromatic carbocycles. The van der Waals surface area contributed by atoms with Gasteiger partial charge in [0.05, 0.1) is 47.2 Å². The lowest BCUT2D eigenvalue weighted by Crippen LogP contribution is -2.29. The molecule has 1 saturated carbocycles. The molecule has 1 aromatic heterocycles. The molecule has 7 nitrogen and oxygen atoms in total. The highest BCUT2D eigenvalue weighted by atomic mass is 32.1. The minimum Gasteiger partial charge on any atom is -0.496 e. The first kappa shape index (κ1) is 23.5. The first-order valence-electron chi connectivity index (χ1n) is 11.1. The number of aliphatic hydroxyl groups excluding tert-OH is 1. The van der Waals surface area contributed by atoms with Crippen LogP contribution in [-0.4, -0.2) is 47.6 Å². The van der Waals surface area contributed by atoms with Gasteiger partial charge in [-0.1, -0.05) is 18.9 Å². The van der Waals surface area contributed by atoms with Gasteiger partial charge in [-0.05, 0) is 49.6 Å². The Hall–Kier alpha value is -2.68. The normalized spacial score (nSPS) is 16.1. The zero-order valence-electron chi connectivity index (χ0n) is 19.0. The average Bonchev–Trinajstić information content (AvgIpc) is 3.47. The van der Waals surface area contributed by atoms with Crippen molar-refractivity contribution in [3.8, 4) is 11.5 Å². The third-order valence-electron chi connectivity index (χ3n) is 6.21. The third kappa shape index (κ3) is 4.98. The number of thiazole rings is 1. The first-order chi connectivity index (χ1) is 15.9. The topological polar surface area (TPSA) is 98.1 Å². The predicted octanol–water partition coefficient (Wildman–Crippen LogP) is 4.92. The Morgan fingerprint density at radius 3 is 2.45 bits per heavy atom. The van der Waals surface area contributed by atoms with Gasteiger partial charge in [-0.25, -0.2) is 9.78 Å².